The molecule has 30 heavy (non-hydrogen) atoms. The lowest BCUT2D eigenvalue weighted by atomic mass is 10.1. The van der Waals surface area contributed by atoms with Crippen molar-refractivity contribution < 1.29 is 14.3 Å². The second-order valence-corrected chi connectivity index (χ2v) is 8.29. The van der Waals surface area contributed by atoms with Gasteiger partial charge >= 0.3 is 0 Å². The summed E-state index contributed by atoms with van der Waals surface area (Å²) in [5.74, 6) is 1.75. The number of carbonyl (C=O) groups is 2. The fourth-order valence-corrected chi connectivity index (χ4v) is 3.78. The molecule has 2 amide bonds. The molecule has 1 aliphatic carbocycles. The number of hydrogen-bond acceptors (Lipinski definition) is 3. The molecule has 0 bridgehead atoms. The Hall–Kier alpha value is -2.82. The van der Waals surface area contributed by atoms with Crippen LogP contribution < -0.4 is 4.74 Å². The van der Waals surface area contributed by atoms with Gasteiger partial charge < -0.3 is 14.5 Å². The second-order valence-electron chi connectivity index (χ2n) is 8.29. The Bertz CT molecular complexity index is 838. The third kappa shape index (κ3) is 5.62. The van der Waals surface area contributed by atoms with E-state index in [9.17, 15) is 9.59 Å². The molecule has 1 saturated heterocycles. The molecule has 2 aromatic rings. The summed E-state index contributed by atoms with van der Waals surface area (Å²) in [4.78, 5) is 29.0. The van der Waals surface area contributed by atoms with E-state index in [1.807, 2.05) is 52.3 Å². The van der Waals surface area contributed by atoms with Crippen molar-refractivity contribution >= 4 is 11.8 Å². The minimum atomic E-state index is 0.0277. The van der Waals surface area contributed by atoms with Gasteiger partial charge in [0.2, 0.25) is 5.91 Å². The van der Waals surface area contributed by atoms with Gasteiger partial charge in [0.05, 0.1) is 6.61 Å². The van der Waals surface area contributed by atoms with E-state index in [-0.39, 0.29) is 11.8 Å². The Morgan fingerprint density at radius 3 is 2.20 bits per heavy atom. The lowest BCUT2D eigenvalue weighted by molar-refractivity contribution is -0.132. The molecule has 2 aliphatic rings. The van der Waals surface area contributed by atoms with Crippen molar-refractivity contribution in [1.82, 2.24) is 9.80 Å². The number of carbonyl (C=O) groups excluding carboxylic acids is 2. The Morgan fingerprint density at radius 2 is 1.53 bits per heavy atom. The van der Waals surface area contributed by atoms with E-state index in [1.54, 1.807) is 0 Å². The molecule has 0 atom stereocenters. The minimum Gasteiger partial charge on any atom is -0.493 e. The lowest BCUT2D eigenvalue weighted by Crippen LogP contribution is -2.50. The molecule has 158 valence electrons. The van der Waals surface area contributed by atoms with Crippen LogP contribution in [0.25, 0.3) is 0 Å². The average molecular weight is 407 g/mol. The third-order valence-electron chi connectivity index (χ3n) is 5.90. The first-order chi connectivity index (χ1) is 14.7. The Kier molecular flexibility index (Phi) is 6.67. The van der Waals surface area contributed by atoms with Gasteiger partial charge in [0, 0.05) is 38.2 Å². The van der Waals surface area contributed by atoms with Crippen molar-refractivity contribution in [3.63, 3.8) is 0 Å². The van der Waals surface area contributed by atoms with E-state index < -0.39 is 0 Å². The van der Waals surface area contributed by atoms with Crippen LogP contribution in [0, 0.1) is 5.92 Å². The van der Waals surface area contributed by atoms with Crippen molar-refractivity contribution in [3.8, 4) is 5.75 Å². The lowest BCUT2D eigenvalue weighted by Gasteiger charge is -2.35. The van der Waals surface area contributed by atoms with Crippen LogP contribution in [0.15, 0.2) is 54.6 Å². The summed E-state index contributed by atoms with van der Waals surface area (Å²) in [6, 6.07) is 17.7. The molecule has 5 heteroatoms. The molecule has 0 unspecified atom stereocenters. The first kappa shape index (κ1) is 20.5. The monoisotopic (exact) mass is 406 g/mol. The molecule has 1 saturated carbocycles. The highest BCUT2D eigenvalue weighted by atomic mass is 16.5. The van der Waals surface area contributed by atoms with Gasteiger partial charge in [-0.2, -0.15) is 0 Å². The van der Waals surface area contributed by atoms with Gasteiger partial charge in [-0.05, 0) is 61.4 Å². The normalized spacial score (nSPS) is 16.4. The first-order valence-electron chi connectivity index (χ1n) is 11.0. The van der Waals surface area contributed by atoms with E-state index in [1.165, 1.54) is 18.4 Å². The number of benzene rings is 2. The van der Waals surface area contributed by atoms with Crippen molar-refractivity contribution in [1.29, 1.82) is 0 Å². The molecule has 0 radical (unpaired) electrons. The number of rotatable bonds is 8. The number of ether oxygens (including phenoxy) is 1. The van der Waals surface area contributed by atoms with E-state index in [4.69, 9.17) is 4.74 Å². The summed E-state index contributed by atoms with van der Waals surface area (Å²) >= 11 is 0. The quantitative estimate of drug-likeness (QED) is 0.670. The molecule has 5 nitrogen and oxygen atoms in total. The highest BCUT2D eigenvalue weighted by molar-refractivity contribution is 5.94. The van der Waals surface area contributed by atoms with Crippen LogP contribution in [0.5, 0.6) is 5.75 Å². The molecular formula is C25H30N2O3. The average Bonchev–Trinajstić information content (AvgIpc) is 3.63. The summed E-state index contributed by atoms with van der Waals surface area (Å²) in [6.07, 6.45) is 4.86. The number of nitrogens with zero attached hydrogens (tertiary/aromatic N) is 2. The largest absolute Gasteiger partial charge is 0.493 e. The molecule has 2 fully saturated rings. The van der Waals surface area contributed by atoms with Crippen molar-refractivity contribution in [2.45, 2.75) is 32.1 Å². The van der Waals surface area contributed by atoms with Crippen LogP contribution in [0.4, 0.5) is 0 Å². The molecule has 1 aliphatic heterocycles. The van der Waals surface area contributed by atoms with Crippen LogP contribution in [-0.4, -0.2) is 54.4 Å². The summed E-state index contributed by atoms with van der Waals surface area (Å²) in [5.41, 5.74) is 1.95. The third-order valence-corrected chi connectivity index (χ3v) is 5.90. The zero-order valence-corrected chi connectivity index (χ0v) is 17.5. The fourth-order valence-electron chi connectivity index (χ4n) is 3.78. The van der Waals surface area contributed by atoms with Gasteiger partial charge in [-0.3, -0.25) is 9.59 Å². The van der Waals surface area contributed by atoms with Crippen LogP contribution >= 0.6 is 0 Å². The zero-order chi connectivity index (χ0) is 20.8. The topological polar surface area (TPSA) is 49.9 Å². The predicted molar refractivity (Wildman–Crippen MR) is 117 cm³/mol. The Balaban J connectivity index is 1.19. The first-order valence-corrected chi connectivity index (χ1v) is 11.0. The maximum absolute atomic E-state index is 12.8. The van der Waals surface area contributed by atoms with Crippen LogP contribution in [0.2, 0.25) is 0 Å². The van der Waals surface area contributed by atoms with Crippen LogP contribution in [0.1, 0.15) is 41.6 Å². The molecule has 2 aromatic carbocycles. The number of piperazine rings is 1. The molecule has 0 aromatic heterocycles. The summed E-state index contributed by atoms with van der Waals surface area (Å²) < 4.78 is 5.74. The highest BCUT2D eigenvalue weighted by Gasteiger charge is 2.25. The maximum Gasteiger partial charge on any atom is 0.253 e. The Labute approximate surface area is 178 Å². The minimum absolute atomic E-state index is 0.0277. The fraction of sp³-hybridized carbons (Fsp3) is 0.440. The summed E-state index contributed by atoms with van der Waals surface area (Å²) in [7, 11) is 0. The molecule has 0 spiro atoms. The van der Waals surface area contributed by atoms with E-state index in [0.29, 0.717) is 44.1 Å². The summed E-state index contributed by atoms with van der Waals surface area (Å²) in [6.45, 7) is 3.16. The molecule has 0 N–H and O–H groups in total. The number of amides is 2. The van der Waals surface area contributed by atoms with Crippen molar-refractivity contribution in [3.05, 3.63) is 65.7 Å². The predicted octanol–water partition coefficient (Wildman–Crippen LogP) is 3.78. The molecule has 4 rings (SSSR count). The van der Waals surface area contributed by atoms with Crippen LogP contribution in [-0.2, 0) is 11.2 Å². The van der Waals surface area contributed by atoms with Crippen molar-refractivity contribution in [2.75, 3.05) is 32.8 Å². The Morgan fingerprint density at radius 1 is 0.867 bits per heavy atom. The number of hydrogen-bond donors (Lipinski definition) is 0. The van der Waals surface area contributed by atoms with E-state index >= 15 is 0 Å². The van der Waals surface area contributed by atoms with Crippen molar-refractivity contribution in [2.24, 2.45) is 5.92 Å². The van der Waals surface area contributed by atoms with Gasteiger partial charge in [-0.25, -0.2) is 0 Å². The highest BCUT2D eigenvalue weighted by Crippen LogP contribution is 2.29. The molecular weight excluding hydrogens is 376 g/mol. The standard InChI is InChI=1S/C25H30N2O3/c28-24(8-4-7-20-5-2-1-3-6-20)26-15-17-27(18-16-26)25(29)22-11-13-23(14-12-22)30-19-21-9-10-21/h1-3,5-6,11-14,21H,4,7-10,15-19H2. The SMILES string of the molecule is O=C(CCCc1ccccc1)N1CCN(C(=O)c2ccc(OCC3CC3)cc2)CC1. The smallest absolute Gasteiger partial charge is 0.253 e. The van der Waals surface area contributed by atoms with Gasteiger partial charge in [0.1, 0.15) is 5.75 Å². The second kappa shape index (κ2) is 9.79. The zero-order valence-electron chi connectivity index (χ0n) is 17.5. The maximum atomic E-state index is 12.8. The summed E-state index contributed by atoms with van der Waals surface area (Å²) in [5, 5.41) is 0. The van der Waals surface area contributed by atoms with Gasteiger partial charge in [0.15, 0.2) is 0 Å². The van der Waals surface area contributed by atoms with Crippen LogP contribution in [0.3, 0.4) is 0 Å². The van der Waals surface area contributed by atoms with Gasteiger partial charge in [-0.15, -0.1) is 0 Å². The van der Waals surface area contributed by atoms with E-state index in [2.05, 4.69) is 12.1 Å². The van der Waals surface area contributed by atoms with Gasteiger partial charge in [0.25, 0.3) is 5.91 Å². The van der Waals surface area contributed by atoms with E-state index in [0.717, 1.165) is 25.2 Å². The van der Waals surface area contributed by atoms with Gasteiger partial charge in [-0.1, -0.05) is 30.3 Å². The molecule has 1 heterocycles. The number of aryl methyl sites for hydroxylation is 1.